The van der Waals surface area contributed by atoms with E-state index >= 15 is 0 Å². The molecule has 20 heavy (non-hydrogen) atoms. The highest BCUT2D eigenvalue weighted by Crippen LogP contribution is 2.27. The summed E-state index contributed by atoms with van der Waals surface area (Å²) in [5.41, 5.74) is 0. The Kier molecular flexibility index (Phi) is 10.4. The monoisotopic (exact) mass is 283 g/mol. The van der Waals surface area contributed by atoms with Gasteiger partial charge in [0.15, 0.2) is 0 Å². The first-order chi connectivity index (χ1) is 9.77. The Bertz CT molecular complexity index is 213. The number of ether oxygens (including phenoxy) is 1. The highest BCUT2D eigenvalue weighted by atomic mass is 16.5. The van der Waals surface area contributed by atoms with Gasteiger partial charge in [-0.25, -0.2) is 0 Å². The molecular formula is C18H37NO. The smallest absolute Gasteiger partial charge is 0.0625 e. The lowest BCUT2D eigenvalue weighted by atomic mass is 9.84. The molecule has 1 rings (SSSR count). The van der Waals surface area contributed by atoms with E-state index in [1.54, 1.807) is 0 Å². The second kappa shape index (κ2) is 11.6. The van der Waals surface area contributed by atoms with E-state index in [9.17, 15) is 0 Å². The van der Waals surface area contributed by atoms with E-state index in [0.717, 1.165) is 19.1 Å². The molecule has 1 aliphatic rings. The van der Waals surface area contributed by atoms with Crippen LogP contribution in [0.3, 0.4) is 0 Å². The number of hydrogen-bond donors (Lipinski definition) is 1. The fraction of sp³-hybridized carbons (Fsp3) is 1.00. The third kappa shape index (κ3) is 7.64. The van der Waals surface area contributed by atoms with Crippen LogP contribution in [0.15, 0.2) is 0 Å². The summed E-state index contributed by atoms with van der Waals surface area (Å²) in [5.74, 6) is 0.844. The lowest BCUT2D eigenvalue weighted by Gasteiger charge is -2.31. The van der Waals surface area contributed by atoms with Gasteiger partial charge in [-0.05, 0) is 38.6 Å². The molecule has 0 bridgehead atoms. The van der Waals surface area contributed by atoms with Crippen LogP contribution >= 0.6 is 0 Å². The zero-order chi connectivity index (χ0) is 14.6. The second-order valence-electron chi connectivity index (χ2n) is 6.56. The van der Waals surface area contributed by atoms with E-state index in [0.29, 0.717) is 12.1 Å². The molecule has 2 nitrogen and oxygen atoms in total. The van der Waals surface area contributed by atoms with Crippen molar-refractivity contribution in [2.24, 2.45) is 5.92 Å². The molecule has 0 aromatic carbocycles. The van der Waals surface area contributed by atoms with E-state index in [1.807, 2.05) is 0 Å². The Balaban J connectivity index is 2.19. The Labute approximate surface area is 127 Å². The Morgan fingerprint density at radius 1 is 1.05 bits per heavy atom. The molecule has 2 atom stereocenters. The maximum atomic E-state index is 6.13. The first-order valence-electron chi connectivity index (χ1n) is 9.12. The molecule has 0 aromatic heterocycles. The van der Waals surface area contributed by atoms with Crippen molar-refractivity contribution in [1.29, 1.82) is 0 Å². The first kappa shape index (κ1) is 18.0. The third-order valence-electron chi connectivity index (χ3n) is 4.71. The van der Waals surface area contributed by atoms with Crippen LogP contribution in [0.1, 0.15) is 85.0 Å². The van der Waals surface area contributed by atoms with Crippen molar-refractivity contribution in [1.82, 2.24) is 5.32 Å². The van der Waals surface area contributed by atoms with Crippen molar-refractivity contribution in [2.45, 2.75) is 97.1 Å². The molecular weight excluding hydrogens is 246 g/mol. The van der Waals surface area contributed by atoms with Crippen molar-refractivity contribution in [3.63, 3.8) is 0 Å². The average Bonchev–Trinajstić information content (AvgIpc) is 2.49. The van der Waals surface area contributed by atoms with E-state index in [2.05, 4.69) is 26.1 Å². The van der Waals surface area contributed by atoms with Crippen molar-refractivity contribution >= 4 is 0 Å². The number of rotatable bonds is 11. The molecule has 1 aliphatic carbocycles. The summed E-state index contributed by atoms with van der Waals surface area (Å²) in [7, 11) is 0. The van der Waals surface area contributed by atoms with Gasteiger partial charge in [-0.15, -0.1) is 0 Å². The van der Waals surface area contributed by atoms with Gasteiger partial charge < -0.3 is 10.1 Å². The molecule has 2 heteroatoms. The molecule has 0 heterocycles. The van der Waals surface area contributed by atoms with Gasteiger partial charge in [-0.1, -0.05) is 58.8 Å². The van der Waals surface area contributed by atoms with E-state index in [-0.39, 0.29) is 0 Å². The normalized spacial score (nSPS) is 19.9. The zero-order valence-corrected chi connectivity index (χ0v) is 14.1. The highest BCUT2D eigenvalue weighted by Gasteiger charge is 2.23. The quantitative estimate of drug-likeness (QED) is 0.543. The van der Waals surface area contributed by atoms with E-state index in [4.69, 9.17) is 4.74 Å². The van der Waals surface area contributed by atoms with Crippen LogP contribution in [0.4, 0.5) is 0 Å². The Morgan fingerprint density at radius 3 is 2.45 bits per heavy atom. The van der Waals surface area contributed by atoms with Gasteiger partial charge in [-0.2, -0.15) is 0 Å². The molecule has 2 unspecified atom stereocenters. The largest absolute Gasteiger partial charge is 0.377 e. The summed E-state index contributed by atoms with van der Waals surface area (Å²) >= 11 is 0. The summed E-state index contributed by atoms with van der Waals surface area (Å²) in [6, 6.07) is 0.582. The number of likely N-dealkylation sites (N-methyl/N-ethyl adjacent to an activating group) is 1. The molecule has 0 amide bonds. The van der Waals surface area contributed by atoms with Crippen LogP contribution in [0.2, 0.25) is 0 Å². The van der Waals surface area contributed by atoms with Crippen molar-refractivity contribution < 1.29 is 4.74 Å². The maximum absolute atomic E-state index is 6.13. The second-order valence-corrected chi connectivity index (χ2v) is 6.56. The summed E-state index contributed by atoms with van der Waals surface area (Å²) in [6.07, 6.45) is 14.1. The van der Waals surface area contributed by atoms with Gasteiger partial charge in [0.2, 0.25) is 0 Å². The van der Waals surface area contributed by atoms with Gasteiger partial charge >= 0.3 is 0 Å². The van der Waals surface area contributed by atoms with Gasteiger partial charge in [0.1, 0.15) is 0 Å². The molecule has 0 radical (unpaired) electrons. The van der Waals surface area contributed by atoms with Crippen LogP contribution < -0.4 is 5.32 Å². The van der Waals surface area contributed by atoms with E-state index in [1.165, 1.54) is 64.2 Å². The predicted molar refractivity (Wildman–Crippen MR) is 88.2 cm³/mol. The molecule has 1 N–H and O–H groups in total. The Hall–Kier alpha value is -0.0800. The molecule has 0 saturated heterocycles. The fourth-order valence-corrected chi connectivity index (χ4v) is 3.37. The molecule has 1 saturated carbocycles. The van der Waals surface area contributed by atoms with Crippen molar-refractivity contribution in [3.8, 4) is 0 Å². The standard InChI is InChI=1S/C18H37NO/c1-4-6-7-9-12-16(3)20-15-18(19-5-2)17-13-10-8-11-14-17/h16-19H,4-15H2,1-3H3. The van der Waals surface area contributed by atoms with Gasteiger partial charge in [0, 0.05) is 6.04 Å². The Morgan fingerprint density at radius 2 is 1.80 bits per heavy atom. The molecule has 0 spiro atoms. The van der Waals surface area contributed by atoms with Gasteiger partial charge in [0.25, 0.3) is 0 Å². The van der Waals surface area contributed by atoms with Crippen molar-refractivity contribution in [3.05, 3.63) is 0 Å². The third-order valence-corrected chi connectivity index (χ3v) is 4.71. The maximum Gasteiger partial charge on any atom is 0.0625 e. The number of hydrogen-bond acceptors (Lipinski definition) is 2. The SMILES string of the molecule is CCCCCCC(C)OCC(NCC)C1CCCCC1. The summed E-state index contributed by atoms with van der Waals surface area (Å²) in [5, 5.41) is 3.66. The minimum Gasteiger partial charge on any atom is -0.377 e. The van der Waals surface area contributed by atoms with Crippen LogP contribution in [-0.4, -0.2) is 25.3 Å². The number of unbranched alkanes of at least 4 members (excludes halogenated alkanes) is 3. The lowest BCUT2D eigenvalue weighted by molar-refractivity contribution is 0.0278. The lowest BCUT2D eigenvalue weighted by Crippen LogP contribution is -2.41. The van der Waals surface area contributed by atoms with Crippen molar-refractivity contribution in [2.75, 3.05) is 13.2 Å². The van der Waals surface area contributed by atoms with Crippen LogP contribution in [0.25, 0.3) is 0 Å². The first-order valence-corrected chi connectivity index (χ1v) is 9.12. The molecule has 1 fully saturated rings. The zero-order valence-electron chi connectivity index (χ0n) is 14.1. The molecule has 120 valence electrons. The van der Waals surface area contributed by atoms with Gasteiger partial charge in [-0.3, -0.25) is 0 Å². The minimum atomic E-state index is 0.427. The average molecular weight is 284 g/mol. The minimum absolute atomic E-state index is 0.427. The van der Waals surface area contributed by atoms with Crippen LogP contribution in [0.5, 0.6) is 0 Å². The number of nitrogens with one attached hydrogen (secondary N) is 1. The molecule has 0 aliphatic heterocycles. The topological polar surface area (TPSA) is 21.3 Å². The summed E-state index contributed by atoms with van der Waals surface area (Å²) < 4.78 is 6.13. The van der Waals surface area contributed by atoms with Crippen LogP contribution in [0, 0.1) is 5.92 Å². The predicted octanol–water partition coefficient (Wildman–Crippen LogP) is 4.92. The van der Waals surface area contributed by atoms with Crippen LogP contribution in [-0.2, 0) is 4.74 Å². The molecule has 0 aromatic rings. The fourth-order valence-electron chi connectivity index (χ4n) is 3.37. The summed E-state index contributed by atoms with van der Waals surface area (Å²) in [6.45, 7) is 8.70. The van der Waals surface area contributed by atoms with E-state index < -0.39 is 0 Å². The van der Waals surface area contributed by atoms with Gasteiger partial charge in [0.05, 0.1) is 12.7 Å². The summed E-state index contributed by atoms with van der Waals surface area (Å²) in [4.78, 5) is 0. The highest BCUT2D eigenvalue weighted by molar-refractivity contribution is 4.79.